The molecule has 0 atom stereocenters. The first-order chi connectivity index (χ1) is 18.2. The number of anilines is 3. The zero-order chi connectivity index (χ0) is 27.0. The summed E-state index contributed by atoms with van der Waals surface area (Å²) in [7, 11) is 3.73. The summed E-state index contributed by atoms with van der Waals surface area (Å²) in [6.07, 6.45) is 3.55. The Morgan fingerprint density at radius 1 is 1.11 bits per heavy atom. The van der Waals surface area contributed by atoms with E-state index in [2.05, 4.69) is 20.3 Å². The highest BCUT2D eigenvalue weighted by atomic mass is 19.1. The van der Waals surface area contributed by atoms with E-state index in [1.165, 1.54) is 6.07 Å². The molecule has 11 heteroatoms. The standard InChI is InChI=1S/C27H31F2N7O2/c1-16(2)36-7-8-38-26-20(28)9-18(10-22(26)36)25-21(29)13-31-27(33-25)32-23-11-19-14-35(24(37)15-34(3)4)6-5-17(19)12-30-23/h9-13,16H,5-8,14-15H2,1-4H3,(H,30,31,32,33). The van der Waals surface area contributed by atoms with Crippen molar-refractivity contribution in [1.29, 1.82) is 0 Å². The molecule has 38 heavy (non-hydrogen) atoms. The number of benzene rings is 1. The lowest BCUT2D eigenvalue weighted by molar-refractivity contribution is -0.132. The normalized spacial score (nSPS) is 14.8. The number of rotatable bonds is 6. The van der Waals surface area contributed by atoms with Crippen LogP contribution in [-0.2, 0) is 17.8 Å². The van der Waals surface area contributed by atoms with E-state index in [1.807, 2.05) is 48.7 Å². The van der Waals surface area contributed by atoms with Crippen molar-refractivity contribution in [2.45, 2.75) is 32.9 Å². The van der Waals surface area contributed by atoms with Gasteiger partial charge in [0, 0.05) is 30.9 Å². The van der Waals surface area contributed by atoms with Crippen LogP contribution in [-0.4, -0.2) is 77.0 Å². The van der Waals surface area contributed by atoms with Crippen molar-refractivity contribution in [3.63, 3.8) is 0 Å². The third kappa shape index (κ3) is 5.24. The Morgan fingerprint density at radius 2 is 1.92 bits per heavy atom. The van der Waals surface area contributed by atoms with Gasteiger partial charge in [0.2, 0.25) is 11.9 Å². The van der Waals surface area contributed by atoms with Gasteiger partial charge in [0.25, 0.3) is 0 Å². The summed E-state index contributed by atoms with van der Waals surface area (Å²) < 4.78 is 35.4. The van der Waals surface area contributed by atoms with Crippen molar-refractivity contribution in [2.75, 3.05) is 50.6 Å². The van der Waals surface area contributed by atoms with Crippen molar-refractivity contribution in [2.24, 2.45) is 0 Å². The number of nitrogens with one attached hydrogen (secondary N) is 1. The largest absolute Gasteiger partial charge is 0.486 e. The van der Waals surface area contributed by atoms with E-state index in [1.54, 1.807) is 12.3 Å². The quantitative estimate of drug-likeness (QED) is 0.525. The lowest BCUT2D eigenvalue weighted by Gasteiger charge is -2.34. The van der Waals surface area contributed by atoms with Gasteiger partial charge >= 0.3 is 0 Å². The smallest absolute Gasteiger partial charge is 0.237 e. The van der Waals surface area contributed by atoms with Crippen LogP contribution in [0, 0.1) is 11.6 Å². The number of aromatic nitrogens is 3. The molecule has 2 aromatic heterocycles. The van der Waals surface area contributed by atoms with Crippen molar-refractivity contribution >= 4 is 23.4 Å². The van der Waals surface area contributed by atoms with Gasteiger partial charge in [-0.1, -0.05) is 0 Å². The molecule has 5 rings (SSSR count). The summed E-state index contributed by atoms with van der Waals surface area (Å²) in [4.78, 5) is 31.1. The Bertz CT molecular complexity index is 1370. The van der Waals surface area contributed by atoms with Gasteiger partial charge in [0.15, 0.2) is 17.4 Å². The van der Waals surface area contributed by atoms with Crippen LogP contribution in [0.4, 0.5) is 26.2 Å². The van der Waals surface area contributed by atoms with E-state index >= 15 is 0 Å². The average Bonchev–Trinajstić information content (AvgIpc) is 2.88. The first-order valence-electron chi connectivity index (χ1n) is 12.6. The molecule has 0 fully saturated rings. The number of hydrogen-bond donors (Lipinski definition) is 1. The Labute approximate surface area is 220 Å². The van der Waals surface area contributed by atoms with Gasteiger partial charge in [-0.15, -0.1) is 0 Å². The van der Waals surface area contributed by atoms with Gasteiger partial charge in [0.1, 0.15) is 18.1 Å². The van der Waals surface area contributed by atoms with Crippen molar-refractivity contribution in [1.82, 2.24) is 24.8 Å². The maximum Gasteiger partial charge on any atom is 0.237 e. The molecule has 2 aliphatic heterocycles. The SMILES string of the molecule is CC(C)N1CCOc2c(F)cc(-c3nc(Nc4cc5c(cn4)CCN(C(=O)CN(C)C)C5)ncc3F)cc21. The van der Waals surface area contributed by atoms with E-state index in [-0.39, 0.29) is 34.9 Å². The van der Waals surface area contributed by atoms with Crippen LogP contribution in [0.25, 0.3) is 11.3 Å². The summed E-state index contributed by atoms with van der Waals surface area (Å²) in [6, 6.07) is 4.90. The van der Waals surface area contributed by atoms with Crippen molar-refractivity contribution in [3.8, 4) is 17.0 Å². The Balaban J connectivity index is 1.41. The fourth-order valence-electron chi connectivity index (χ4n) is 4.81. The number of hydrogen-bond acceptors (Lipinski definition) is 8. The molecule has 2 aliphatic rings. The molecule has 0 saturated heterocycles. The fraction of sp³-hybridized carbons (Fsp3) is 0.407. The van der Waals surface area contributed by atoms with Crippen LogP contribution in [0.5, 0.6) is 5.75 Å². The summed E-state index contributed by atoms with van der Waals surface area (Å²) in [6.45, 7) is 6.49. The summed E-state index contributed by atoms with van der Waals surface area (Å²) in [5.74, 6) is -0.411. The third-order valence-corrected chi connectivity index (χ3v) is 6.69. The lowest BCUT2D eigenvalue weighted by Crippen LogP contribution is -2.40. The highest BCUT2D eigenvalue weighted by Gasteiger charge is 2.26. The number of amides is 1. The summed E-state index contributed by atoms with van der Waals surface area (Å²) in [5.41, 5.74) is 2.88. The maximum absolute atomic E-state index is 15.0. The predicted molar refractivity (Wildman–Crippen MR) is 141 cm³/mol. The third-order valence-electron chi connectivity index (χ3n) is 6.69. The lowest BCUT2D eigenvalue weighted by atomic mass is 10.0. The second-order valence-corrected chi connectivity index (χ2v) is 10.1. The minimum Gasteiger partial charge on any atom is -0.486 e. The molecule has 1 N–H and O–H groups in total. The highest BCUT2D eigenvalue weighted by Crippen LogP contribution is 2.39. The first kappa shape index (κ1) is 25.8. The minimum absolute atomic E-state index is 0.0307. The molecule has 4 heterocycles. The Hall–Kier alpha value is -3.86. The molecule has 1 aromatic carbocycles. The molecule has 0 saturated carbocycles. The van der Waals surface area contributed by atoms with E-state index < -0.39 is 11.6 Å². The fourth-order valence-corrected chi connectivity index (χ4v) is 4.81. The van der Waals surface area contributed by atoms with E-state index in [4.69, 9.17) is 4.74 Å². The highest BCUT2D eigenvalue weighted by molar-refractivity contribution is 5.78. The molecule has 0 radical (unpaired) electrons. The van der Waals surface area contributed by atoms with Gasteiger partial charge in [-0.3, -0.25) is 4.79 Å². The number of nitrogens with zero attached hydrogens (tertiary/aromatic N) is 6. The van der Waals surface area contributed by atoms with Crippen molar-refractivity contribution in [3.05, 3.63) is 53.4 Å². The molecule has 9 nitrogen and oxygen atoms in total. The number of likely N-dealkylation sites (N-methyl/N-ethyl adjacent to an activating group) is 1. The van der Waals surface area contributed by atoms with Crippen LogP contribution in [0.3, 0.4) is 0 Å². The Morgan fingerprint density at radius 3 is 2.68 bits per heavy atom. The van der Waals surface area contributed by atoms with Crippen LogP contribution >= 0.6 is 0 Å². The molecule has 0 unspecified atom stereocenters. The number of fused-ring (bicyclic) bond motifs is 2. The van der Waals surface area contributed by atoms with Gasteiger partial charge in [-0.25, -0.2) is 23.7 Å². The van der Waals surface area contributed by atoms with E-state index in [9.17, 15) is 13.6 Å². The van der Waals surface area contributed by atoms with Crippen LogP contribution in [0.1, 0.15) is 25.0 Å². The number of halogens is 2. The van der Waals surface area contributed by atoms with Gasteiger partial charge in [-0.05, 0) is 63.7 Å². The molecule has 0 bridgehead atoms. The van der Waals surface area contributed by atoms with Gasteiger partial charge in [-0.2, -0.15) is 0 Å². The number of pyridine rings is 1. The van der Waals surface area contributed by atoms with E-state index in [0.717, 1.165) is 23.7 Å². The predicted octanol–water partition coefficient (Wildman–Crippen LogP) is 3.61. The first-order valence-corrected chi connectivity index (χ1v) is 12.6. The monoisotopic (exact) mass is 523 g/mol. The summed E-state index contributed by atoms with van der Waals surface area (Å²) >= 11 is 0. The molecule has 200 valence electrons. The zero-order valence-electron chi connectivity index (χ0n) is 22.0. The molecule has 0 spiro atoms. The summed E-state index contributed by atoms with van der Waals surface area (Å²) in [5, 5.41) is 3.03. The second-order valence-electron chi connectivity index (χ2n) is 10.1. The van der Waals surface area contributed by atoms with Crippen molar-refractivity contribution < 1.29 is 18.3 Å². The maximum atomic E-state index is 15.0. The van der Waals surface area contributed by atoms with Gasteiger partial charge in [0.05, 0.1) is 25.0 Å². The molecule has 0 aliphatic carbocycles. The van der Waals surface area contributed by atoms with Crippen LogP contribution in [0.15, 0.2) is 30.6 Å². The van der Waals surface area contributed by atoms with Crippen LogP contribution < -0.4 is 15.0 Å². The van der Waals surface area contributed by atoms with E-state index in [0.29, 0.717) is 44.3 Å². The molecular weight excluding hydrogens is 492 g/mol. The zero-order valence-corrected chi connectivity index (χ0v) is 22.0. The topological polar surface area (TPSA) is 86.7 Å². The minimum atomic E-state index is -0.670. The second kappa shape index (κ2) is 10.5. The average molecular weight is 524 g/mol. The van der Waals surface area contributed by atoms with Crippen LogP contribution in [0.2, 0.25) is 0 Å². The van der Waals surface area contributed by atoms with Gasteiger partial charge < -0.3 is 24.8 Å². The molecular formula is C27H31F2N7O2. The number of ether oxygens (including phenoxy) is 1. The Kier molecular flexibility index (Phi) is 7.11. The number of carbonyl (C=O) groups is 1. The molecule has 1 amide bonds. The number of carbonyl (C=O) groups excluding carboxylic acids is 1. The molecule has 3 aromatic rings.